The Kier molecular flexibility index (Phi) is 2.74. The number of aromatic nitrogens is 3. The van der Waals surface area contributed by atoms with E-state index < -0.39 is 0 Å². The van der Waals surface area contributed by atoms with Gasteiger partial charge in [-0.05, 0) is 30.4 Å². The van der Waals surface area contributed by atoms with Crippen LogP contribution in [0.25, 0.3) is 11.0 Å². The Balaban J connectivity index is 2.17. The van der Waals surface area contributed by atoms with Crippen molar-refractivity contribution in [3.8, 4) is 0 Å². The van der Waals surface area contributed by atoms with E-state index >= 15 is 0 Å². The Hall–Kier alpha value is -1.17. The standard InChI is InChI=1S/C11H8ClN3S2/c12-7-1-2-9-10(3-7)15(11(16)14-9)5-8-4-13-6-17-8/h1-4,6H,5H2,(H,14,16). The van der Waals surface area contributed by atoms with E-state index in [4.69, 9.17) is 23.8 Å². The molecule has 0 fully saturated rings. The molecular formula is C11H8ClN3S2. The number of H-pyrrole nitrogens is 1. The van der Waals surface area contributed by atoms with Gasteiger partial charge in [0.25, 0.3) is 0 Å². The largest absolute Gasteiger partial charge is 0.331 e. The van der Waals surface area contributed by atoms with Gasteiger partial charge in [-0.25, -0.2) is 0 Å². The molecule has 0 unspecified atom stereocenters. The van der Waals surface area contributed by atoms with E-state index in [0.29, 0.717) is 9.79 Å². The highest BCUT2D eigenvalue weighted by Crippen LogP contribution is 2.21. The lowest BCUT2D eigenvalue weighted by Gasteiger charge is -2.01. The number of imidazole rings is 1. The zero-order chi connectivity index (χ0) is 11.8. The van der Waals surface area contributed by atoms with Gasteiger partial charge in [0.1, 0.15) is 0 Å². The molecule has 0 spiro atoms. The van der Waals surface area contributed by atoms with E-state index in [1.807, 2.05) is 34.5 Å². The van der Waals surface area contributed by atoms with Gasteiger partial charge in [0.05, 0.1) is 23.1 Å². The summed E-state index contributed by atoms with van der Waals surface area (Å²) in [5.41, 5.74) is 3.85. The summed E-state index contributed by atoms with van der Waals surface area (Å²) in [5, 5.41) is 0.713. The molecule has 0 amide bonds. The molecule has 6 heteroatoms. The predicted molar refractivity (Wildman–Crippen MR) is 73.3 cm³/mol. The zero-order valence-electron chi connectivity index (χ0n) is 8.68. The summed E-state index contributed by atoms with van der Waals surface area (Å²) < 4.78 is 2.74. The van der Waals surface area contributed by atoms with Gasteiger partial charge >= 0.3 is 0 Å². The van der Waals surface area contributed by atoms with Crippen LogP contribution in [0.1, 0.15) is 4.88 Å². The quantitative estimate of drug-likeness (QED) is 0.724. The van der Waals surface area contributed by atoms with Crippen molar-refractivity contribution in [2.24, 2.45) is 0 Å². The Morgan fingerprint density at radius 3 is 3.12 bits per heavy atom. The van der Waals surface area contributed by atoms with E-state index in [9.17, 15) is 0 Å². The van der Waals surface area contributed by atoms with Gasteiger partial charge in [-0.1, -0.05) is 11.6 Å². The van der Waals surface area contributed by atoms with Gasteiger partial charge in [-0.3, -0.25) is 4.98 Å². The van der Waals surface area contributed by atoms with Crippen molar-refractivity contribution in [3.63, 3.8) is 0 Å². The summed E-state index contributed by atoms with van der Waals surface area (Å²) in [6, 6.07) is 5.72. The van der Waals surface area contributed by atoms with E-state index in [1.54, 1.807) is 11.3 Å². The van der Waals surface area contributed by atoms with Crippen LogP contribution >= 0.6 is 35.2 Å². The monoisotopic (exact) mass is 281 g/mol. The molecule has 0 radical (unpaired) electrons. The molecule has 3 nitrogen and oxygen atoms in total. The third-order valence-electron chi connectivity index (χ3n) is 2.53. The second-order valence-electron chi connectivity index (χ2n) is 3.65. The first-order chi connectivity index (χ1) is 8.24. The van der Waals surface area contributed by atoms with E-state index in [2.05, 4.69) is 9.97 Å². The maximum Gasteiger partial charge on any atom is 0.178 e. The van der Waals surface area contributed by atoms with Crippen LogP contribution in [0.4, 0.5) is 0 Å². The molecule has 2 heterocycles. The topological polar surface area (TPSA) is 33.6 Å². The molecule has 0 aliphatic rings. The van der Waals surface area contributed by atoms with Gasteiger partial charge in [0.2, 0.25) is 0 Å². The molecule has 0 aliphatic carbocycles. The van der Waals surface area contributed by atoms with Crippen molar-refractivity contribution in [1.82, 2.24) is 14.5 Å². The molecule has 3 aromatic rings. The average molecular weight is 282 g/mol. The van der Waals surface area contributed by atoms with Gasteiger partial charge in [0, 0.05) is 16.1 Å². The molecule has 3 rings (SSSR count). The van der Waals surface area contributed by atoms with Crippen molar-refractivity contribution < 1.29 is 0 Å². The average Bonchev–Trinajstić information content (AvgIpc) is 2.90. The SMILES string of the molecule is S=c1[nH]c2ccc(Cl)cc2n1Cc1cncs1. The third kappa shape index (κ3) is 2.01. The van der Waals surface area contributed by atoms with Crippen LogP contribution in [-0.2, 0) is 6.54 Å². The molecule has 0 bridgehead atoms. The number of nitrogens with one attached hydrogen (secondary N) is 1. The maximum absolute atomic E-state index is 6.01. The fraction of sp³-hybridized carbons (Fsp3) is 0.0909. The Morgan fingerprint density at radius 2 is 2.35 bits per heavy atom. The minimum atomic E-state index is 0.704. The second kappa shape index (κ2) is 4.25. The second-order valence-corrected chi connectivity index (χ2v) is 5.44. The molecule has 1 N–H and O–H groups in total. The van der Waals surface area contributed by atoms with Crippen LogP contribution in [0.3, 0.4) is 0 Å². The van der Waals surface area contributed by atoms with Crippen molar-refractivity contribution in [2.75, 3.05) is 0 Å². The molecule has 2 aromatic heterocycles. The summed E-state index contributed by atoms with van der Waals surface area (Å²) >= 11 is 12.9. The lowest BCUT2D eigenvalue weighted by molar-refractivity contribution is 0.821. The first-order valence-corrected chi connectivity index (χ1v) is 6.66. The van der Waals surface area contributed by atoms with Crippen LogP contribution in [0.2, 0.25) is 5.02 Å². The highest BCUT2D eigenvalue weighted by Gasteiger charge is 2.06. The minimum absolute atomic E-state index is 0.704. The summed E-state index contributed by atoms with van der Waals surface area (Å²) in [7, 11) is 0. The number of benzene rings is 1. The highest BCUT2D eigenvalue weighted by atomic mass is 35.5. The smallest absolute Gasteiger partial charge is 0.178 e. The Morgan fingerprint density at radius 1 is 1.47 bits per heavy atom. The number of aromatic amines is 1. The lowest BCUT2D eigenvalue weighted by atomic mass is 10.3. The fourth-order valence-corrected chi connectivity index (χ4v) is 2.78. The number of nitrogens with zero attached hydrogens (tertiary/aromatic N) is 2. The first kappa shape index (κ1) is 11.0. The summed E-state index contributed by atoms with van der Waals surface area (Å²) in [4.78, 5) is 8.40. The summed E-state index contributed by atoms with van der Waals surface area (Å²) in [5.74, 6) is 0. The molecule has 0 saturated carbocycles. The highest BCUT2D eigenvalue weighted by molar-refractivity contribution is 7.71. The number of hydrogen-bond acceptors (Lipinski definition) is 3. The molecular weight excluding hydrogens is 274 g/mol. The predicted octanol–water partition coefficient (Wildman–Crippen LogP) is 3.86. The minimum Gasteiger partial charge on any atom is -0.331 e. The van der Waals surface area contributed by atoms with Crippen molar-refractivity contribution in [3.05, 3.63) is 44.6 Å². The van der Waals surface area contributed by atoms with Crippen LogP contribution < -0.4 is 0 Å². The number of rotatable bonds is 2. The van der Waals surface area contributed by atoms with Crippen molar-refractivity contribution in [1.29, 1.82) is 0 Å². The van der Waals surface area contributed by atoms with Gasteiger partial charge in [-0.15, -0.1) is 11.3 Å². The molecule has 1 aromatic carbocycles. The summed E-state index contributed by atoms with van der Waals surface area (Å²) in [6.45, 7) is 0.726. The molecule has 17 heavy (non-hydrogen) atoms. The van der Waals surface area contributed by atoms with Crippen LogP contribution in [0, 0.1) is 4.77 Å². The maximum atomic E-state index is 6.01. The van der Waals surface area contributed by atoms with E-state index in [1.165, 1.54) is 4.88 Å². The lowest BCUT2D eigenvalue weighted by Crippen LogP contribution is -1.97. The fourth-order valence-electron chi connectivity index (χ4n) is 1.76. The molecule has 0 aliphatic heterocycles. The summed E-state index contributed by atoms with van der Waals surface area (Å²) in [6.07, 6.45) is 1.86. The normalized spacial score (nSPS) is 11.1. The van der Waals surface area contributed by atoms with Crippen molar-refractivity contribution >= 4 is 46.2 Å². The number of fused-ring (bicyclic) bond motifs is 1. The van der Waals surface area contributed by atoms with Gasteiger partial charge in [-0.2, -0.15) is 0 Å². The van der Waals surface area contributed by atoms with Crippen LogP contribution in [0.15, 0.2) is 29.9 Å². The number of halogens is 1. The number of hydrogen-bond donors (Lipinski definition) is 1. The first-order valence-electron chi connectivity index (χ1n) is 4.99. The van der Waals surface area contributed by atoms with Gasteiger partial charge in [0.15, 0.2) is 4.77 Å². The van der Waals surface area contributed by atoms with Gasteiger partial charge < -0.3 is 9.55 Å². The molecule has 86 valence electrons. The van der Waals surface area contributed by atoms with Crippen molar-refractivity contribution in [2.45, 2.75) is 6.54 Å². The zero-order valence-corrected chi connectivity index (χ0v) is 11.1. The third-order valence-corrected chi connectivity index (χ3v) is 3.86. The Bertz CT molecular complexity index is 712. The molecule has 0 atom stereocenters. The Labute approximate surface area is 112 Å². The van der Waals surface area contributed by atoms with Crippen LogP contribution in [-0.4, -0.2) is 14.5 Å². The van der Waals surface area contributed by atoms with Crippen LogP contribution in [0.5, 0.6) is 0 Å². The van der Waals surface area contributed by atoms with E-state index in [0.717, 1.165) is 17.6 Å². The molecule has 0 saturated heterocycles. The van der Waals surface area contributed by atoms with E-state index in [-0.39, 0.29) is 0 Å². The number of thiazole rings is 1.